The molecule has 0 aromatic rings. The topological polar surface area (TPSA) is 71.6 Å². The van der Waals surface area contributed by atoms with E-state index in [9.17, 15) is 4.79 Å². The molecular weight excluding hydrogens is 118 g/mol. The molecule has 3 heteroatoms. The number of carbonyl (C=O) groups excluding carboxylic acids is 1. The van der Waals surface area contributed by atoms with Gasteiger partial charge in [-0.3, -0.25) is 4.79 Å². The molecule has 0 aromatic heterocycles. The Morgan fingerprint density at radius 2 is 1.89 bits per heavy atom. The second kappa shape index (κ2) is 4.09. The fraction of sp³-hybridized carbons (Fsp3) is 0.500. The van der Waals surface area contributed by atoms with Gasteiger partial charge < -0.3 is 5.73 Å². The van der Waals surface area contributed by atoms with Crippen LogP contribution >= 0.6 is 0 Å². The van der Waals surface area contributed by atoms with E-state index in [-0.39, 0.29) is 11.4 Å². The van der Waals surface area contributed by atoms with E-state index in [4.69, 9.17) is 5.73 Å². The predicted molar refractivity (Wildman–Crippen MR) is 33.9 cm³/mol. The molecule has 0 bridgehead atoms. The molecule has 0 aliphatic heterocycles. The Kier molecular flexibility index (Phi) is 5.01. The lowest BCUT2D eigenvalue weighted by atomic mass is 10.1. The third-order valence-corrected chi connectivity index (χ3v) is 1.01. The molecular formula is C6H11NO2. The van der Waals surface area contributed by atoms with E-state index >= 15 is 0 Å². The van der Waals surface area contributed by atoms with Crippen LogP contribution in [0.2, 0.25) is 0 Å². The summed E-state index contributed by atoms with van der Waals surface area (Å²) in [7, 11) is 0. The first-order valence-corrected chi connectivity index (χ1v) is 2.54. The molecule has 52 valence electrons. The van der Waals surface area contributed by atoms with Crippen molar-refractivity contribution in [1.29, 1.82) is 0 Å². The first-order valence-electron chi connectivity index (χ1n) is 2.54. The summed E-state index contributed by atoms with van der Waals surface area (Å²) in [4.78, 5) is 10.3. The predicted octanol–water partition coefficient (Wildman–Crippen LogP) is 0.565. The molecule has 0 saturated carbocycles. The third-order valence-electron chi connectivity index (χ3n) is 1.01. The van der Waals surface area contributed by atoms with Crippen molar-refractivity contribution in [3.05, 3.63) is 12.2 Å². The van der Waals surface area contributed by atoms with E-state index in [0.717, 1.165) is 0 Å². The Morgan fingerprint density at radius 3 is 1.89 bits per heavy atom. The van der Waals surface area contributed by atoms with E-state index in [1.807, 2.05) is 13.8 Å². The first kappa shape index (κ1) is 11.0. The largest absolute Gasteiger partial charge is 0.366 e. The molecule has 0 rings (SSSR count). The van der Waals surface area contributed by atoms with Crippen LogP contribution < -0.4 is 5.73 Å². The van der Waals surface area contributed by atoms with Crippen molar-refractivity contribution in [3.8, 4) is 0 Å². The Balaban J connectivity index is 0. The highest BCUT2D eigenvalue weighted by Gasteiger charge is 2.03. The van der Waals surface area contributed by atoms with Crippen molar-refractivity contribution in [2.24, 2.45) is 11.7 Å². The van der Waals surface area contributed by atoms with Crippen molar-refractivity contribution in [2.75, 3.05) is 0 Å². The van der Waals surface area contributed by atoms with Crippen LogP contribution in [0.3, 0.4) is 0 Å². The zero-order chi connectivity index (χ0) is 6.73. The van der Waals surface area contributed by atoms with Gasteiger partial charge in [-0.1, -0.05) is 20.4 Å². The number of rotatable bonds is 2. The van der Waals surface area contributed by atoms with E-state index in [2.05, 4.69) is 6.58 Å². The average molecular weight is 129 g/mol. The first-order chi connectivity index (χ1) is 3.55. The maximum Gasteiger partial charge on any atom is 0.244 e. The number of nitrogens with two attached hydrogens (primary N) is 1. The quantitative estimate of drug-likeness (QED) is 0.544. The fourth-order valence-corrected chi connectivity index (χ4v) is 0.285. The fourth-order valence-electron chi connectivity index (χ4n) is 0.285. The molecule has 3 nitrogen and oxygen atoms in total. The zero-order valence-corrected chi connectivity index (χ0v) is 5.68. The van der Waals surface area contributed by atoms with Crippen LogP contribution in [0, 0.1) is 5.92 Å². The minimum atomic E-state index is -0.403. The minimum absolute atomic E-state index is 0. The van der Waals surface area contributed by atoms with Crippen LogP contribution in [0.25, 0.3) is 0 Å². The van der Waals surface area contributed by atoms with Gasteiger partial charge in [0, 0.05) is 11.0 Å². The lowest BCUT2D eigenvalue weighted by Gasteiger charge is -2.01. The summed E-state index contributed by atoms with van der Waals surface area (Å²) >= 11 is 0. The van der Waals surface area contributed by atoms with Crippen molar-refractivity contribution in [2.45, 2.75) is 13.8 Å². The summed E-state index contributed by atoms with van der Waals surface area (Å²) in [6.45, 7) is 7.24. The van der Waals surface area contributed by atoms with Gasteiger partial charge >= 0.3 is 0 Å². The summed E-state index contributed by atoms with van der Waals surface area (Å²) in [5.41, 5.74) is 5.39. The second-order valence-corrected chi connectivity index (χ2v) is 2.04. The van der Waals surface area contributed by atoms with E-state index in [0.29, 0.717) is 5.57 Å². The van der Waals surface area contributed by atoms with Crippen LogP contribution in [-0.4, -0.2) is 5.91 Å². The highest BCUT2D eigenvalue weighted by molar-refractivity contribution is 5.91. The zero-order valence-electron chi connectivity index (χ0n) is 5.68. The van der Waals surface area contributed by atoms with Crippen molar-refractivity contribution >= 4 is 5.91 Å². The number of carbonyl (C=O) groups is 1. The normalized spacial score (nSPS) is 8.33. The van der Waals surface area contributed by atoms with Gasteiger partial charge in [-0.2, -0.15) is 0 Å². The van der Waals surface area contributed by atoms with Crippen molar-refractivity contribution in [3.63, 3.8) is 0 Å². The molecule has 0 spiro atoms. The molecule has 2 N–H and O–H groups in total. The van der Waals surface area contributed by atoms with Gasteiger partial charge in [0.25, 0.3) is 0 Å². The van der Waals surface area contributed by atoms with Crippen LogP contribution in [0.15, 0.2) is 12.2 Å². The molecule has 0 atom stereocenters. The van der Waals surface area contributed by atoms with Gasteiger partial charge in [-0.15, -0.1) is 0 Å². The lowest BCUT2D eigenvalue weighted by molar-refractivity contribution is -0.114. The highest BCUT2D eigenvalue weighted by Crippen LogP contribution is 2.03. The summed E-state index contributed by atoms with van der Waals surface area (Å²) < 4.78 is 0. The monoisotopic (exact) mass is 129 g/mol. The molecule has 1 amide bonds. The standard InChI is InChI=1S/C6H11NO.O/c1-4(2)5(3)6(7)8;/h4H,3H2,1-2H3,(H2,7,8);. The van der Waals surface area contributed by atoms with E-state index < -0.39 is 5.91 Å². The molecule has 0 aliphatic carbocycles. The van der Waals surface area contributed by atoms with Gasteiger partial charge in [0.05, 0.1) is 0 Å². The van der Waals surface area contributed by atoms with Gasteiger partial charge in [0.2, 0.25) is 5.91 Å². The Bertz CT molecular complexity index is 118. The molecule has 0 aliphatic rings. The molecule has 0 heterocycles. The van der Waals surface area contributed by atoms with Crippen molar-refractivity contribution < 1.29 is 10.3 Å². The number of hydrogen-bond acceptors (Lipinski definition) is 1. The van der Waals surface area contributed by atoms with Gasteiger partial charge in [0.15, 0.2) is 0 Å². The van der Waals surface area contributed by atoms with Crippen LogP contribution in [-0.2, 0) is 10.3 Å². The Morgan fingerprint density at radius 1 is 1.56 bits per heavy atom. The number of amides is 1. The number of hydrogen-bond donors (Lipinski definition) is 1. The van der Waals surface area contributed by atoms with Gasteiger partial charge in [-0.05, 0) is 5.92 Å². The summed E-state index contributed by atoms with van der Waals surface area (Å²) in [6, 6.07) is 0. The minimum Gasteiger partial charge on any atom is -0.366 e. The second-order valence-electron chi connectivity index (χ2n) is 2.04. The molecule has 0 unspecified atom stereocenters. The Hall–Kier alpha value is -0.830. The van der Waals surface area contributed by atoms with Crippen molar-refractivity contribution in [1.82, 2.24) is 0 Å². The van der Waals surface area contributed by atoms with Crippen LogP contribution in [0.5, 0.6) is 0 Å². The molecule has 2 radical (unpaired) electrons. The summed E-state index contributed by atoms with van der Waals surface area (Å²) in [6.07, 6.45) is 0. The third kappa shape index (κ3) is 3.73. The van der Waals surface area contributed by atoms with E-state index in [1.54, 1.807) is 0 Å². The summed E-state index contributed by atoms with van der Waals surface area (Å²) in [5, 5.41) is 0. The molecule has 0 fully saturated rings. The average Bonchev–Trinajstić information content (AvgIpc) is 1.64. The van der Waals surface area contributed by atoms with Crippen LogP contribution in [0.1, 0.15) is 13.8 Å². The lowest BCUT2D eigenvalue weighted by Crippen LogP contribution is -2.16. The van der Waals surface area contributed by atoms with Gasteiger partial charge in [-0.25, -0.2) is 0 Å². The molecule has 0 saturated heterocycles. The smallest absolute Gasteiger partial charge is 0.244 e. The van der Waals surface area contributed by atoms with Crippen LogP contribution in [0.4, 0.5) is 0 Å². The Labute approximate surface area is 54.9 Å². The maximum atomic E-state index is 10.3. The highest BCUT2D eigenvalue weighted by atomic mass is 16.1. The molecule has 0 aromatic carbocycles. The SMILES string of the molecule is C=C(C(N)=O)C(C)C.[O]. The van der Waals surface area contributed by atoms with E-state index in [1.165, 1.54) is 0 Å². The van der Waals surface area contributed by atoms with Gasteiger partial charge in [0.1, 0.15) is 0 Å². The number of primary amides is 1. The summed E-state index contributed by atoms with van der Waals surface area (Å²) in [5.74, 6) is -0.229. The maximum absolute atomic E-state index is 10.3. The molecule has 9 heavy (non-hydrogen) atoms.